The lowest BCUT2D eigenvalue weighted by atomic mass is 10.00. The standard InChI is InChI=1S/C16H22FN3O4/c1-5-24-14-10(7-18)13(20-15(22)23)9(6-11(14)17)12(21)8-19-16(2,3)4/h6,12,19-21H,5,8H2,1-4H3,(H,22,23). The molecule has 1 atom stereocenters. The maximum atomic E-state index is 14.3. The molecule has 7 nitrogen and oxygen atoms in total. The topological polar surface area (TPSA) is 115 Å². The molecular formula is C16H22FN3O4. The summed E-state index contributed by atoms with van der Waals surface area (Å²) in [6, 6.07) is 2.72. The Kier molecular flexibility index (Phi) is 6.51. The largest absolute Gasteiger partial charge is 0.489 e. The van der Waals surface area contributed by atoms with Gasteiger partial charge in [-0.3, -0.25) is 5.32 Å². The first kappa shape index (κ1) is 19.7. The van der Waals surface area contributed by atoms with Gasteiger partial charge in [-0.25, -0.2) is 9.18 Å². The minimum absolute atomic E-state index is 0.0355. The second-order valence-corrected chi connectivity index (χ2v) is 6.15. The molecule has 1 rings (SSSR count). The number of aliphatic hydroxyl groups is 1. The number of aliphatic hydroxyl groups excluding tert-OH is 1. The van der Waals surface area contributed by atoms with Gasteiger partial charge in [-0.05, 0) is 33.8 Å². The number of carbonyl (C=O) groups is 1. The van der Waals surface area contributed by atoms with Gasteiger partial charge in [-0.1, -0.05) is 0 Å². The summed E-state index contributed by atoms with van der Waals surface area (Å²) in [5, 5.41) is 33.7. The van der Waals surface area contributed by atoms with Crippen molar-refractivity contribution in [3.8, 4) is 11.8 Å². The number of rotatable bonds is 6. The van der Waals surface area contributed by atoms with Crippen LogP contribution in [0.15, 0.2) is 6.07 Å². The summed E-state index contributed by atoms with van der Waals surface area (Å²) < 4.78 is 19.4. The van der Waals surface area contributed by atoms with E-state index in [2.05, 4.69) is 10.6 Å². The molecule has 0 bridgehead atoms. The molecule has 0 heterocycles. The second-order valence-electron chi connectivity index (χ2n) is 6.15. The Morgan fingerprint density at radius 3 is 2.58 bits per heavy atom. The molecule has 0 aliphatic carbocycles. The Balaban J connectivity index is 3.39. The van der Waals surface area contributed by atoms with E-state index in [1.54, 1.807) is 13.0 Å². The van der Waals surface area contributed by atoms with Crippen molar-refractivity contribution >= 4 is 11.8 Å². The summed E-state index contributed by atoms with van der Waals surface area (Å²) in [5.74, 6) is -1.18. The number of anilines is 1. The van der Waals surface area contributed by atoms with E-state index in [1.165, 1.54) is 0 Å². The zero-order valence-electron chi connectivity index (χ0n) is 14.1. The average molecular weight is 339 g/mol. The van der Waals surface area contributed by atoms with Crippen molar-refractivity contribution in [3.05, 3.63) is 23.0 Å². The van der Waals surface area contributed by atoms with Crippen molar-refractivity contribution < 1.29 is 24.1 Å². The molecule has 0 aromatic heterocycles. The molecule has 1 unspecified atom stereocenters. The molecule has 1 aromatic carbocycles. The Labute approximate surface area is 140 Å². The number of hydrogen-bond acceptors (Lipinski definition) is 5. The van der Waals surface area contributed by atoms with Crippen LogP contribution < -0.4 is 15.4 Å². The highest BCUT2D eigenvalue weighted by Gasteiger charge is 2.25. The molecule has 0 aliphatic rings. The first-order chi connectivity index (χ1) is 11.1. The molecule has 132 valence electrons. The monoisotopic (exact) mass is 339 g/mol. The molecular weight excluding hydrogens is 317 g/mol. The number of carboxylic acid groups (broad SMARTS) is 1. The minimum atomic E-state index is -1.43. The van der Waals surface area contributed by atoms with E-state index in [1.807, 2.05) is 20.8 Å². The lowest BCUT2D eigenvalue weighted by Crippen LogP contribution is -2.38. The van der Waals surface area contributed by atoms with Gasteiger partial charge in [0.05, 0.1) is 18.4 Å². The Morgan fingerprint density at radius 2 is 2.12 bits per heavy atom. The number of β-amino-alcohol motifs (C(OH)–C–C–N with tert-alkyl or cyclic N) is 1. The predicted molar refractivity (Wildman–Crippen MR) is 86.6 cm³/mol. The smallest absolute Gasteiger partial charge is 0.409 e. The maximum Gasteiger partial charge on any atom is 0.409 e. The van der Waals surface area contributed by atoms with Crippen molar-refractivity contribution in [3.63, 3.8) is 0 Å². The number of amides is 1. The second kappa shape index (κ2) is 7.95. The molecule has 0 saturated carbocycles. The first-order valence-corrected chi connectivity index (χ1v) is 7.43. The van der Waals surface area contributed by atoms with Crippen molar-refractivity contribution in [1.29, 1.82) is 5.26 Å². The number of nitrogens with one attached hydrogen (secondary N) is 2. The van der Waals surface area contributed by atoms with Crippen LogP contribution in [0.5, 0.6) is 5.75 Å². The number of halogens is 1. The zero-order chi connectivity index (χ0) is 18.5. The predicted octanol–water partition coefficient (Wildman–Crippen LogP) is 2.61. The molecule has 0 spiro atoms. The highest BCUT2D eigenvalue weighted by molar-refractivity contribution is 5.87. The Bertz CT molecular complexity index is 650. The highest BCUT2D eigenvalue weighted by atomic mass is 19.1. The van der Waals surface area contributed by atoms with Gasteiger partial charge in [-0.2, -0.15) is 5.26 Å². The van der Waals surface area contributed by atoms with Gasteiger partial charge in [0, 0.05) is 17.6 Å². The summed E-state index contributed by atoms with van der Waals surface area (Å²) >= 11 is 0. The van der Waals surface area contributed by atoms with E-state index in [0.29, 0.717) is 0 Å². The number of hydrogen-bond donors (Lipinski definition) is 4. The fourth-order valence-electron chi connectivity index (χ4n) is 2.06. The van der Waals surface area contributed by atoms with Crippen molar-refractivity contribution in [2.24, 2.45) is 0 Å². The van der Waals surface area contributed by atoms with Crippen LogP contribution in [0, 0.1) is 17.1 Å². The van der Waals surface area contributed by atoms with Crippen LogP contribution in [0.25, 0.3) is 0 Å². The summed E-state index contributed by atoms with van der Waals surface area (Å²) in [6.07, 6.45) is -2.65. The molecule has 8 heteroatoms. The molecule has 1 amide bonds. The van der Waals surface area contributed by atoms with Gasteiger partial charge in [0.25, 0.3) is 0 Å². The van der Waals surface area contributed by atoms with Crippen molar-refractivity contribution in [2.75, 3.05) is 18.5 Å². The van der Waals surface area contributed by atoms with Crippen LogP contribution in [0.1, 0.15) is 44.9 Å². The Hall–Kier alpha value is -2.37. The maximum absolute atomic E-state index is 14.3. The molecule has 0 saturated heterocycles. The van der Waals surface area contributed by atoms with Gasteiger partial charge in [0.1, 0.15) is 11.6 Å². The Morgan fingerprint density at radius 1 is 1.50 bits per heavy atom. The van der Waals surface area contributed by atoms with Crippen LogP contribution in [-0.4, -0.2) is 35.0 Å². The van der Waals surface area contributed by atoms with Gasteiger partial charge in [0.15, 0.2) is 11.6 Å². The third kappa shape index (κ3) is 5.08. The lowest BCUT2D eigenvalue weighted by molar-refractivity contribution is 0.163. The summed E-state index contributed by atoms with van der Waals surface area (Å²) in [5.41, 5.74) is -0.822. The van der Waals surface area contributed by atoms with Gasteiger partial charge < -0.3 is 20.3 Å². The molecule has 24 heavy (non-hydrogen) atoms. The van der Waals surface area contributed by atoms with E-state index < -0.39 is 18.0 Å². The third-order valence-electron chi connectivity index (χ3n) is 3.08. The molecule has 0 aliphatic heterocycles. The fraction of sp³-hybridized carbons (Fsp3) is 0.500. The zero-order valence-corrected chi connectivity index (χ0v) is 14.1. The van der Waals surface area contributed by atoms with E-state index in [0.717, 1.165) is 6.07 Å². The fourth-order valence-corrected chi connectivity index (χ4v) is 2.06. The van der Waals surface area contributed by atoms with E-state index >= 15 is 0 Å². The highest BCUT2D eigenvalue weighted by Crippen LogP contribution is 2.36. The van der Waals surface area contributed by atoms with Crippen molar-refractivity contribution in [2.45, 2.75) is 39.3 Å². The molecule has 0 fully saturated rings. The summed E-state index contributed by atoms with van der Waals surface area (Å²) in [7, 11) is 0. The van der Waals surface area contributed by atoms with Crippen LogP contribution in [-0.2, 0) is 0 Å². The summed E-state index contributed by atoms with van der Waals surface area (Å²) in [4.78, 5) is 11.0. The number of nitriles is 1. The summed E-state index contributed by atoms with van der Waals surface area (Å²) in [6.45, 7) is 7.42. The third-order valence-corrected chi connectivity index (χ3v) is 3.08. The molecule has 4 N–H and O–H groups in total. The van der Waals surface area contributed by atoms with Crippen LogP contribution in [0.2, 0.25) is 0 Å². The van der Waals surface area contributed by atoms with E-state index in [-0.39, 0.29) is 41.3 Å². The SMILES string of the molecule is CCOc1c(F)cc(C(O)CNC(C)(C)C)c(NC(=O)O)c1C#N. The van der Waals surface area contributed by atoms with E-state index in [4.69, 9.17) is 9.84 Å². The normalized spacial score (nSPS) is 12.4. The van der Waals surface area contributed by atoms with Gasteiger partial charge >= 0.3 is 6.09 Å². The average Bonchev–Trinajstić information content (AvgIpc) is 2.47. The first-order valence-electron chi connectivity index (χ1n) is 7.43. The van der Waals surface area contributed by atoms with Crippen LogP contribution in [0.3, 0.4) is 0 Å². The lowest BCUT2D eigenvalue weighted by Gasteiger charge is -2.24. The molecule has 0 radical (unpaired) electrons. The minimum Gasteiger partial charge on any atom is -0.489 e. The molecule has 1 aromatic rings. The van der Waals surface area contributed by atoms with Gasteiger partial charge in [0.2, 0.25) is 0 Å². The van der Waals surface area contributed by atoms with E-state index in [9.17, 15) is 19.6 Å². The van der Waals surface area contributed by atoms with Crippen molar-refractivity contribution in [1.82, 2.24) is 5.32 Å². The number of nitrogens with zero attached hydrogens (tertiary/aromatic N) is 1. The number of ether oxygens (including phenoxy) is 1. The van der Waals surface area contributed by atoms with Gasteiger partial charge in [-0.15, -0.1) is 0 Å². The quantitative estimate of drug-likeness (QED) is 0.633. The van der Waals surface area contributed by atoms with Crippen LogP contribution >= 0.6 is 0 Å². The van der Waals surface area contributed by atoms with Crippen LogP contribution in [0.4, 0.5) is 14.9 Å². The number of benzene rings is 1.